The summed E-state index contributed by atoms with van der Waals surface area (Å²) in [4.78, 5) is 15.7. The summed E-state index contributed by atoms with van der Waals surface area (Å²) in [6.07, 6.45) is 2.62. The lowest BCUT2D eigenvalue weighted by molar-refractivity contribution is -0.120. The minimum atomic E-state index is 0.0651. The third-order valence-electron chi connectivity index (χ3n) is 2.98. The predicted molar refractivity (Wildman–Crippen MR) is 72.7 cm³/mol. The van der Waals surface area contributed by atoms with Gasteiger partial charge in [-0.3, -0.25) is 4.79 Å². The molecule has 1 aliphatic rings. The van der Waals surface area contributed by atoms with Crippen molar-refractivity contribution >= 4 is 28.7 Å². The molecular formula is C13H16N4O2. The third kappa shape index (κ3) is 2.96. The summed E-state index contributed by atoms with van der Waals surface area (Å²) in [6, 6.07) is 6.12. The molecule has 0 bridgehead atoms. The zero-order valence-electron chi connectivity index (χ0n) is 10.5. The Morgan fingerprint density at radius 2 is 2.32 bits per heavy atom. The Morgan fingerprint density at radius 3 is 3.11 bits per heavy atom. The first-order valence-corrected chi connectivity index (χ1v) is 6.40. The maximum Gasteiger partial charge on any atom is 0.295 e. The number of nitrogens with two attached hydrogens (primary N) is 1. The van der Waals surface area contributed by atoms with Gasteiger partial charge in [-0.1, -0.05) is 0 Å². The highest BCUT2D eigenvalue weighted by Gasteiger charge is 2.22. The van der Waals surface area contributed by atoms with Crippen LogP contribution >= 0.6 is 0 Å². The van der Waals surface area contributed by atoms with Gasteiger partial charge in [-0.25, -0.2) is 0 Å². The van der Waals surface area contributed by atoms with E-state index in [1.54, 1.807) is 18.2 Å². The quantitative estimate of drug-likeness (QED) is 0.708. The monoisotopic (exact) mass is 260 g/mol. The highest BCUT2D eigenvalue weighted by molar-refractivity contribution is 5.78. The van der Waals surface area contributed by atoms with Gasteiger partial charge in [0.25, 0.3) is 6.01 Å². The van der Waals surface area contributed by atoms with E-state index >= 15 is 0 Å². The standard InChI is InChI=1S/C13H16N4O2/c14-8-1-4-11-10(7-8)17-13(19-11)15-6-5-12(18)16-9-2-3-9/h1,4,7,9H,2-3,5-6,14H2,(H,15,17)(H,16,18). The number of aromatic nitrogens is 1. The molecule has 0 saturated heterocycles. The first-order valence-electron chi connectivity index (χ1n) is 6.40. The van der Waals surface area contributed by atoms with Crippen LogP contribution < -0.4 is 16.4 Å². The van der Waals surface area contributed by atoms with Crippen LogP contribution in [-0.4, -0.2) is 23.5 Å². The molecule has 0 unspecified atom stereocenters. The number of oxazole rings is 1. The number of hydrogen-bond donors (Lipinski definition) is 3. The molecule has 3 rings (SSSR count). The maximum absolute atomic E-state index is 11.5. The summed E-state index contributed by atoms with van der Waals surface area (Å²) in [7, 11) is 0. The first-order chi connectivity index (χ1) is 9.20. The predicted octanol–water partition coefficient (Wildman–Crippen LogP) is 1.49. The number of fused-ring (bicyclic) bond motifs is 1. The maximum atomic E-state index is 11.5. The van der Waals surface area contributed by atoms with Crippen LogP contribution in [0.2, 0.25) is 0 Å². The molecule has 19 heavy (non-hydrogen) atoms. The second-order valence-corrected chi connectivity index (χ2v) is 4.76. The minimum absolute atomic E-state index is 0.0651. The second kappa shape index (κ2) is 4.79. The SMILES string of the molecule is Nc1ccc2oc(NCCC(=O)NC3CC3)nc2c1. The van der Waals surface area contributed by atoms with E-state index in [9.17, 15) is 4.79 Å². The number of nitrogens with one attached hydrogen (secondary N) is 2. The molecular weight excluding hydrogens is 244 g/mol. The van der Waals surface area contributed by atoms with Gasteiger partial charge in [-0.05, 0) is 31.0 Å². The Balaban J connectivity index is 1.54. The number of rotatable bonds is 5. The zero-order valence-corrected chi connectivity index (χ0v) is 10.5. The molecule has 100 valence electrons. The lowest BCUT2D eigenvalue weighted by atomic mass is 10.3. The number of hydrogen-bond acceptors (Lipinski definition) is 5. The van der Waals surface area contributed by atoms with E-state index in [4.69, 9.17) is 10.2 Å². The van der Waals surface area contributed by atoms with Crippen molar-refractivity contribution in [3.05, 3.63) is 18.2 Å². The van der Waals surface area contributed by atoms with Gasteiger partial charge in [-0.15, -0.1) is 0 Å². The number of amides is 1. The van der Waals surface area contributed by atoms with Crippen LogP contribution in [0.5, 0.6) is 0 Å². The van der Waals surface area contributed by atoms with E-state index < -0.39 is 0 Å². The molecule has 6 nitrogen and oxygen atoms in total. The molecule has 1 fully saturated rings. The molecule has 6 heteroatoms. The van der Waals surface area contributed by atoms with Crippen LogP contribution in [0.1, 0.15) is 19.3 Å². The number of carbonyl (C=O) groups is 1. The fourth-order valence-corrected chi connectivity index (χ4v) is 1.83. The van der Waals surface area contributed by atoms with E-state index in [1.165, 1.54) is 0 Å². The molecule has 1 aromatic carbocycles. The van der Waals surface area contributed by atoms with Crippen LogP contribution in [0.3, 0.4) is 0 Å². The van der Waals surface area contributed by atoms with Gasteiger partial charge >= 0.3 is 0 Å². The summed E-state index contributed by atoms with van der Waals surface area (Å²) in [5.41, 5.74) is 7.71. The van der Waals surface area contributed by atoms with Gasteiger partial charge in [0.2, 0.25) is 5.91 Å². The van der Waals surface area contributed by atoms with Crippen molar-refractivity contribution in [2.24, 2.45) is 0 Å². The molecule has 0 radical (unpaired) electrons. The van der Waals surface area contributed by atoms with E-state index in [-0.39, 0.29) is 5.91 Å². The van der Waals surface area contributed by atoms with Crippen molar-refractivity contribution in [1.82, 2.24) is 10.3 Å². The Bertz CT molecular complexity index is 604. The van der Waals surface area contributed by atoms with Gasteiger partial charge in [0.1, 0.15) is 5.52 Å². The molecule has 1 heterocycles. The molecule has 1 aliphatic carbocycles. The van der Waals surface area contributed by atoms with Gasteiger partial charge in [0, 0.05) is 24.7 Å². The van der Waals surface area contributed by atoms with Crippen LogP contribution in [0, 0.1) is 0 Å². The second-order valence-electron chi connectivity index (χ2n) is 4.76. The normalized spacial score (nSPS) is 14.5. The van der Waals surface area contributed by atoms with Gasteiger partial charge in [-0.2, -0.15) is 4.98 Å². The molecule has 0 aliphatic heterocycles. The fraction of sp³-hybridized carbons (Fsp3) is 0.385. The number of benzene rings is 1. The topological polar surface area (TPSA) is 93.2 Å². The summed E-state index contributed by atoms with van der Waals surface area (Å²) in [5.74, 6) is 0.0651. The number of nitrogen functional groups attached to an aromatic ring is 1. The minimum Gasteiger partial charge on any atom is -0.424 e. The largest absolute Gasteiger partial charge is 0.424 e. The van der Waals surface area contributed by atoms with Crippen molar-refractivity contribution in [2.75, 3.05) is 17.6 Å². The smallest absolute Gasteiger partial charge is 0.295 e. The summed E-state index contributed by atoms with van der Waals surface area (Å²) >= 11 is 0. The number of anilines is 2. The summed E-state index contributed by atoms with van der Waals surface area (Å²) < 4.78 is 5.49. The van der Waals surface area contributed by atoms with Crippen molar-refractivity contribution in [3.8, 4) is 0 Å². The van der Waals surface area contributed by atoms with Gasteiger partial charge in [0.15, 0.2) is 5.58 Å². The number of nitrogens with zero attached hydrogens (tertiary/aromatic N) is 1. The fourth-order valence-electron chi connectivity index (χ4n) is 1.83. The molecule has 0 spiro atoms. The van der Waals surface area contributed by atoms with Crippen LogP contribution in [0.4, 0.5) is 11.7 Å². The third-order valence-corrected chi connectivity index (χ3v) is 2.98. The molecule has 0 atom stereocenters. The lowest BCUT2D eigenvalue weighted by Crippen LogP contribution is -2.27. The molecule has 4 N–H and O–H groups in total. The average molecular weight is 260 g/mol. The molecule has 1 amide bonds. The molecule has 1 saturated carbocycles. The Labute approximate surface area is 110 Å². The van der Waals surface area contributed by atoms with Crippen molar-refractivity contribution in [1.29, 1.82) is 0 Å². The van der Waals surface area contributed by atoms with Crippen LogP contribution in [0.15, 0.2) is 22.6 Å². The van der Waals surface area contributed by atoms with Crippen LogP contribution in [-0.2, 0) is 4.79 Å². The first kappa shape index (κ1) is 11.8. The molecule has 2 aromatic rings. The van der Waals surface area contributed by atoms with E-state index in [0.29, 0.717) is 41.8 Å². The van der Waals surface area contributed by atoms with E-state index in [0.717, 1.165) is 12.8 Å². The van der Waals surface area contributed by atoms with Crippen molar-refractivity contribution < 1.29 is 9.21 Å². The van der Waals surface area contributed by atoms with Crippen LogP contribution in [0.25, 0.3) is 11.1 Å². The lowest BCUT2D eigenvalue weighted by Gasteiger charge is -2.03. The van der Waals surface area contributed by atoms with Gasteiger partial charge < -0.3 is 20.8 Å². The summed E-state index contributed by atoms with van der Waals surface area (Å²) in [6.45, 7) is 0.501. The van der Waals surface area contributed by atoms with E-state index in [1.807, 2.05) is 0 Å². The molecule has 1 aromatic heterocycles. The Kier molecular flexibility index (Phi) is 2.98. The highest BCUT2D eigenvalue weighted by atomic mass is 16.4. The number of carbonyl (C=O) groups excluding carboxylic acids is 1. The average Bonchev–Trinajstić information content (AvgIpc) is 3.07. The Morgan fingerprint density at radius 1 is 1.47 bits per heavy atom. The Hall–Kier alpha value is -2.24. The highest BCUT2D eigenvalue weighted by Crippen LogP contribution is 2.21. The van der Waals surface area contributed by atoms with Gasteiger partial charge in [0.05, 0.1) is 0 Å². The zero-order chi connectivity index (χ0) is 13.2. The van der Waals surface area contributed by atoms with E-state index in [2.05, 4.69) is 15.6 Å². The van der Waals surface area contributed by atoms with Crippen molar-refractivity contribution in [3.63, 3.8) is 0 Å². The van der Waals surface area contributed by atoms with Crippen molar-refractivity contribution in [2.45, 2.75) is 25.3 Å². The summed E-state index contributed by atoms with van der Waals surface area (Å²) in [5, 5.41) is 5.93.